The Morgan fingerprint density at radius 3 is 2.06 bits per heavy atom. The largest absolute Gasteiger partial charge is 0.481 e. The lowest BCUT2D eigenvalue weighted by atomic mass is 9.96. The van der Waals surface area contributed by atoms with Gasteiger partial charge in [-0.1, -0.05) is 41.6 Å². The summed E-state index contributed by atoms with van der Waals surface area (Å²) >= 11 is 1.88. The number of para-hydroxylation sites is 1. The van der Waals surface area contributed by atoms with E-state index in [0.717, 1.165) is 26.2 Å². The van der Waals surface area contributed by atoms with Crippen LogP contribution in [0.25, 0.3) is 0 Å². The zero-order valence-corrected chi connectivity index (χ0v) is 20.0. The Labute approximate surface area is 202 Å². The molecule has 0 atom stereocenters. The Morgan fingerprint density at radius 1 is 0.941 bits per heavy atom. The number of carboxylic acids is 3. The summed E-state index contributed by atoms with van der Waals surface area (Å²) in [6.07, 6.45) is -2.29. The van der Waals surface area contributed by atoms with Gasteiger partial charge in [-0.05, 0) is 37.6 Å². The summed E-state index contributed by atoms with van der Waals surface area (Å²) in [6.45, 7) is 8.67. The standard InChI is InChI=1S/C18H22N2S.C6H8O7/c1-14-7-8-17(15(2)13-14)21-18-6-4-3-5-16(18)20-11-9-19-10-12-20;7-3(8)1-6(13,5(11)12)2-4(9)10/h3-8,13,19H,9-12H2,1-2H3;13H,1-2H2,(H,7,8)(H,9,10)(H,11,12). The maximum absolute atomic E-state index is 10.3. The van der Waals surface area contributed by atoms with Crippen molar-refractivity contribution in [3.63, 3.8) is 0 Å². The summed E-state index contributed by atoms with van der Waals surface area (Å²) in [7, 11) is 0. The van der Waals surface area contributed by atoms with Gasteiger partial charge in [0.25, 0.3) is 0 Å². The third kappa shape index (κ3) is 8.05. The highest BCUT2D eigenvalue weighted by Gasteiger charge is 2.40. The van der Waals surface area contributed by atoms with Crippen LogP contribution < -0.4 is 10.2 Å². The minimum Gasteiger partial charge on any atom is -0.481 e. The van der Waals surface area contributed by atoms with Gasteiger partial charge in [-0.15, -0.1) is 0 Å². The van der Waals surface area contributed by atoms with Crippen molar-refractivity contribution in [2.45, 2.75) is 42.1 Å². The van der Waals surface area contributed by atoms with Crippen LogP contribution in [0.5, 0.6) is 0 Å². The van der Waals surface area contributed by atoms with Crippen LogP contribution in [0, 0.1) is 13.8 Å². The fourth-order valence-corrected chi connectivity index (χ4v) is 4.50. The van der Waals surface area contributed by atoms with E-state index in [2.05, 4.69) is 66.5 Å². The second-order valence-corrected chi connectivity index (χ2v) is 9.14. The molecule has 10 heteroatoms. The molecule has 5 N–H and O–H groups in total. The molecule has 9 nitrogen and oxygen atoms in total. The molecule has 0 unspecified atom stereocenters. The van der Waals surface area contributed by atoms with Crippen LogP contribution in [0.1, 0.15) is 24.0 Å². The summed E-state index contributed by atoms with van der Waals surface area (Å²) in [5.74, 6) is -5.02. The maximum atomic E-state index is 10.3. The van der Waals surface area contributed by atoms with Gasteiger partial charge in [0.1, 0.15) is 0 Å². The Morgan fingerprint density at radius 2 is 1.53 bits per heavy atom. The molecule has 0 aliphatic carbocycles. The Kier molecular flexibility index (Phi) is 9.91. The monoisotopic (exact) mass is 490 g/mol. The lowest BCUT2D eigenvalue weighted by Crippen LogP contribution is -2.43. The van der Waals surface area contributed by atoms with Crippen LogP contribution in [0.2, 0.25) is 0 Å². The number of carboxylic acid groups (broad SMARTS) is 3. The molecular formula is C24H30N2O7S. The van der Waals surface area contributed by atoms with Crippen molar-refractivity contribution in [2.75, 3.05) is 31.1 Å². The highest BCUT2D eigenvalue weighted by atomic mass is 32.2. The van der Waals surface area contributed by atoms with Gasteiger partial charge in [0.2, 0.25) is 0 Å². The zero-order valence-electron chi connectivity index (χ0n) is 19.2. The second kappa shape index (κ2) is 12.4. The van der Waals surface area contributed by atoms with Gasteiger partial charge in [0.15, 0.2) is 5.60 Å². The van der Waals surface area contributed by atoms with Crippen LogP contribution in [0.3, 0.4) is 0 Å². The van der Waals surface area contributed by atoms with E-state index in [1.165, 1.54) is 26.6 Å². The second-order valence-electron chi connectivity index (χ2n) is 8.05. The van der Waals surface area contributed by atoms with Crippen molar-refractivity contribution in [1.29, 1.82) is 0 Å². The molecule has 1 heterocycles. The molecule has 1 aliphatic rings. The van der Waals surface area contributed by atoms with Crippen molar-refractivity contribution < 1.29 is 34.8 Å². The molecule has 1 saturated heterocycles. The summed E-state index contributed by atoms with van der Waals surface area (Å²) in [5, 5.41) is 37.2. The predicted octanol–water partition coefficient (Wildman–Crippen LogP) is 2.62. The van der Waals surface area contributed by atoms with Gasteiger partial charge in [-0.25, -0.2) is 4.79 Å². The van der Waals surface area contributed by atoms with E-state index in [1.807, 2.05) is 11.8 Å². The summed E-state index contributed by atoms with van der Waals surface area (Å²) < 4.78 is 0. The number of aliphatic carboxylic acids is 3. The number of carbonyl (C=O) groups is 3. The summed E-state index contributed by atoms with van der Waals surface area (Å²) in [5.41, 5.74) is 1.31. The molecule has 184 valence electrons. The molecular weight excluding hydrogens is 460 g/mol. The minimum atomic E-state index is -2.74. The molecule has 0 aromatic heterocycles. The first-order valence-electron chi connectivity index (χ1n) is 10.7. The van der Waals surface area contributed by atoms with Crippen LogP contribution in [0.4, 0.5) is 5.69 Å². The molecule has 2 aromatic carbocycles. The molecule has 0 spiro atoms. The third-order valence-corrected chi connectivity index (χ3v) is 6.40. The van der Waals surface area contributed by atoms with Gasteiger partial charge in [0.05, 0.1) is 18.5 Å². The highest BCUT2D eigenvalue weighted by Crippen LogP contribution is 2.37. The average Bonchev–Trinajstić information content (AvgIpc) is 2.76. The van der Waals surface area contributed by atoms with Gasteiger partial charge < -0.3 is 30.6 Å². The minimum absolute atomic E-state index is 1.07. The number of piperazine rings is 1. The fourth-order valence-electron chi connectivity index (χ4n) is 3.46. The van der Waals surface area contributed by atoms with Gasteiger partial charge >= 0.3 is 17.9 Å². The number of rotatable bonds is 8. The molecule has 2 aromatic rings. The molecule has 0 saturated carbocycles. The number of anilines is 1. The van der Waals surface area contributed by atoms with Crippen LogP contribution >= 0.6 is 11.8 Å². The lowest BCUT2D eigenvalue weighted by Gasteiger charge is -2.31. The molecule has 3 rings (SSSR count). The van der Waals surface area contributed by atoms with Crippen molar-refractivity contribution in [1.82, 2.24) is 5.32 Å². The number of hydrogen-bond donors (Lipinski definition) is 5. The molecule has 0 bridgehead atoms. The molecule has 1 fully saturated rings. The molecule has 0 amide bonds. The normalized spacial score (nSPS) is 13.6. The molecule has 1 aliphatic heterocycles. The van der Waals surface area contributed by atoms with E-state index in [4.69, 9.17) is 20.4 Å². The maximum Gasteiger partial charge on any atom is 0.336 e. The van der Waals surface area contributed by atoms with Gasteiger partial charge in [0, 0.05) is 36.0 Å². The molecule has 0 radical (unpaired) electrons. The quantitative estimate of drug-likeness (QED) is 0.374. The third-order valence-electron chi connectivity index (χ3n) is 5.16. The number of nitrogens with zero attached hydrogens (tertiary/aromatic N) is 1. The Balaban J connectivity index is 0.000000273. The number of hydrogen-bond acceptors (Lipinski definition) is 7. The Hall–Kier alpha value is -3.08. The van der Waals surface area contributed by atoms with Crippen molar-refractivity contribution in [3.05, 3.63) is 53.6 Å². The SMILES string of the molecule is Cc1ccc(Sc2ccccc2N2CCNCC2)c(C)c1.O=C(O)CC(O)(CC(=O)O)C(=O)O. The first kappa shape index (κ1) is 27.2. The van der Waals surface area contributed by atoms with Crippen LogP contribution in [0.15, 0.2) is 52.3 Å². The van der Waals surface area contributed by atoms with Crippen LogP contribution in [-0.4, -0.2) is 70.1 Å². The average molecular weight is 491 g/mol. The highest BCUT2D eigenvalue weighted by molar-refractivity contribution is 7.99. The zero-order chi connectivity index (χ0) is 25.3. The number of aryl methyl sites for hydroxylation is 2. The van der Waals surface area contributed by atoms with E-state index in [9.17, 15) is 14.4 Å². The first-order valence-corrected chi connectivity index (χ1v) is 11.5. The number of nitrogens with one attached hydrogen (secondary N) is 1. The van der Waals surface area contributed by atoms with Crippen LogP contribution in [-0.2, 0) is 14.4 Å². The Bertz CT molecular complexity index is 1010. The number of aliphatic hydroxyl groups is 1. The number of benzene rings is 2. The van der Waals surface area contributed by atoms with Crippen molar-refractivity contribution in [3.8, 4) is 0 Å². The van der Waals surface area contributed by atoms with E-state index in [0.29, 0.717) is 0 Å². The summed E-state index contributed by atoms with van der Waals surface area (Å²) in [6, 6.07) is 15.5. The van der Waals surface area contributed by atoms with E-state index >= 15 is 0 Å². The smallest absolute Gasteiger partial charge is 0.336 e. The molecule has 34 heavy (non-hydrogen) atoms. The van der Waals surface area contributed by atoms with E-state index in [1.54, 1.807) is 0 Å². The van der Waals surface area contributed by atoms with Crippen molar-refractivity contribution >= 4 is 35.4 Å². The topological polar surface area (TPSA) is 147 Å². The summed E-state index contributed by atoms with van der Waals surface area (Å²) in [4.78, 5) is 35.7. The van der Waals surface area contributed by atoms with Gasteiger partial charge in [-0.2, -0.15) is 0 Å². The lowest BCUT2D eigenvalue weighted by molar-refractivity contribution is -0.170. The van der Waals surface area contributed by atoms with E-state index in [-0.39, 0.29) is 0 Å². The van der Waals surface area contributed by atoms with E-state index < -0.39 is 36.4 Å². The first-order chi connectivity index (χ1) is 16.0. The predicted molar refractivity (Wildman–Crippen MR) is 129 cm³/mol. The fraction of sp³-hybridized carbons (Fsp3) is 0.375. The van der Waals surface area contributed by atoms with Crippen molar-refractivity contribution in [2.24, 2.45) is 0 Å². The van der Waals surface area contributed by atoms with Gasteiger partial charge in [-0.3, -0.25) is 9.59 Å².